The number of hydrogen-bond donors (Lipinski definition) is 1. The highest BCUT2D eigenvalue weighted by Crippen LogP contribution is 2.21. The smallest absolute Gasteiger partial charge is 0.163 e. The molecule has 1 aromatic carbocycles. The summed E-state index contributed by atoms with van der Waals surface area (Å²) in [5.74, 6) is -1.52. The molecule has 0 amide bonds. The molecule has 20 heavy (non-hydrogen) atoms. The average Bonchev–Trinajstić information content (AvgIpc) is 2.41. The fraction of sp³-hybridized carbons (Fsp3) is 0.625. The fourth-order valence-electron chi connectivity index (χ4n) is 2.41. The molecule has 0 saturated carbocycles. The minimum atomic E-state index is -0.783. The van der Waals surface area contributed by atoms with Crippen LogP contribution in [0.3, 0.4) is 0 Å². The molecule has 0 bridgehead atoms. The van der Waals surface area contributed by atoms with Crippen molar-refractivity contribution in [1.29, 1.82) is 0 Å². The molecule has 0 saturated heterocycles. The van der Waals surface area contributed by atoms with E-state index in [1.54, 1.807) is 12.1 Å². The lowest BCUT2D eigenvalue weighted by atomic mass is 10.0. The molecular formula is C16H26F2N2. The van der Waals surface area contributed by atoms with Crippen LogP contribution in [0.15, 0.2) is 18.2 Å². The van der Waals surface area contributed by atoms with Gasteiger partial charge >= 0.3 is 0 Å². The molecule has 2 nitrogen and oxygen atoms in total. The summed E-state index contributed by atoms with van der Waals surface area (Å²) in [5, 5.41) is 3.25. The van der Waals surface area contributed by atoms with Crippen LogP contribution in [-0.2, 0) is 0 Å². The second-order valence-corrected chi connectivity index (χ2v) is 5.33. The van der Waals surface area contributed by atoms with Crippen LogP contribution in [0.25, 0.3) is 0 Å². The van der Waals surface area contributed by atoms with Gasteiger partial charge in [-0.1, -0.05) is 32.4 Å². The molecule has 0 heterocycles. The van der Waals surface area contributed by atoms with E-state index < -0.39 is 11.6 Å². The van der Waals surface area contributed by atoms with Gasteiger partial charge in [0, 0.05) is 24.2 Å². The van der Waals surface area contributed by atoms with E-state index in [4.69, 9.17) is 0 Å². The van der Waals surface area contributed by atoms with Gasteiger partial charge in [-0.2, -0.15) is 0 Å². The van der Waals surface area contributed by atoms with Crippen LogP contribution in [0.1, 0.15) is 45.2 Å². The van der Waals surface area contributed by atoms with Gasteiger partial charge in [-0.05, 0) is 33.0 Å². The van der Waals surface area contributed by atoms with Crippen LogP contribution >= 0.6 is 0 Å². The summed E-state index contributed by atoms with van der Waals surface area (Å²) >= 11 is 0. The van der Waals surface area contributed by atoms with Crippen molar-refractivity contribution in [2.75, 3.05) is 20.1 Å². The number of hydrogen-bond acceptors (Lipinski definition) is 2. The van der Waals surface area contributed by atoms with Crippen LogP contribution in [0.5, 0.6) is 0 Å². The van der Waals surface area contributed by atoms with Crippen LogP contribution in [0, 0.1) is 11.6 Å². The highest BCUT2D eigenvalue weighted by Gasteiger charge is 2.20. The first kappa shape index (κ1) is 17.1. The van der Waals surface area contributed by atoms with Gasteiger partial charge in [0.1, 0.15) is 0 Å². The Bertz CT molecular complexity index is 409. The van der Waals surface area contributed by atoms with Crippen molar-refractivity contribution in [3.63, 3.8) is 0 Å². The molecule has 2 atom stereocenters. The Kier molecular flexibility index (Phi) is 7.10. The van der Waals surface area contributed by atoms with Crippen molar-refractivity contribution >= 4 is 0 Å². The number of rotatable bonds is 8. The summed E-state index contributed by atoms with van der Waals surface area (Å²) in [6, 6.07) is 4.61. The van der Waals surface area contributed by atoms with Gasteiger partial charge in [-0.15, -0.1) is 0 Å². The third-order valence-electron chi connectivity index (χ3n) is 3.74. The zero-order valence-corrected chi connectivity index (χ0v) is 12.9. The minimum Gasteiger partial charge on any atom is -0.309 e. The Morgan fingerprint density at radius 3 is 2.55 bits per heavy atom. The molecule has 1 N–H and O–H groups in total. The highest BCUT2D eigenvalue weighted by molar-refractivity contribution is 5.23. The Hall–Kier alpha value is -1.00. The number of nitrogens with one attached hydrogen (secondary N) is 1. The lowest BCUT2D eigenvalue weighted by molar-refractivity contribution is 0.217. The third kappa shape index (κ3) is 4.53. The Labute approximate surface area is 121 Å². The minimum absolute atomic E-state index is 0.194. The summed E-state index contributed by atoms with van der Waals surface area (Å²) < 4.78 is 27.3. The molecule has 2 unspecified atom stereocenters. The molecule has 0 spiro atoms. The van der Waals surface area contributed by atoms with Crippen molar-refractivity contribution in [3.8, 4) is 0 Å². The molecule has 0 aliphatic heterocycles. The molecular weight excluding hydrogens is 258 g/mol. The molecule has 0 fully saturated rings. The molecule has 0 aromatic heterocycles. The SMILES string of the molecule is CCCC(C)N(C)CC(NCC)c1cccc(F)c1F. The Morgan fingerprint density at radius 1 is 1.25 bits per heavy atom. The summed E-state index contributed by atoms with van der Waals surface area (Å²) in [7, 11) is 2.03. The normalized spacial score (nSPS) is 14.6. The largest absolute Gasteiger partial charge is 0.309 e. The van der Waals surface area contributed by atoms with Crippen LogP contribution < -0.4 is 5.32 Å². The zero-order chi connectivity index (χ0) is 15.1. The van der Waals surface area contributed by atoms with Gasteiger partial charge in [-0.3, -0.25) is 0 Å². The first-order valence-corrected chi connectivity index (χ1v) is 7.38. The monoisotopic (exact) mass is 284 g/mol. The van der Waals surface area contributed by atoms with Gasteiger partial charge in [0.2, 0.25) is 0 Å². The van der Waals surface area contributed by atoms with Gasteiger partial charge in [0.15, 0.2) is 11.6 Å². The second kappa shape index (κ2) is 8.32. The number of nitrogens with zero attached hydrogens (tertiary/aromatic N) is 1. The van der Waals surface area contributed by atoms with E-state index in [0.717, 1.165) is 25.5 Å². The molecule has 4 heteroatoms. The molecule has 0 radical (unpaired) electrons. The maximum absolute atomic E-state index is 13.9. The number of likely N-dealkylation sites (N-methyl/N-ethyl adjacent to an activating group) is 2. The number of benzene rings is 1. The van der Waals surface area contributed by atoms with E-state index in [0.29, 0.717) is 18.2 Å². The van der Waals surface area contributed by atoms with E-state index >= 15 is 0 Å². The summed E-state index contributed by atoms with van der Waals surface area (Å²) in [6.45, 7) is 7.67. The molecule has 0 aliphatic carbocycles. The first-order chi connectivity index (χ1) is 9.51. The fourth-order valence-corrected chi connectivity index (χ4v) is 2.41. The first-order valence-electron chi connectivity index (χ1n) is 7.38. The third-order valence-corrected chi connectivity index (χ3v) is 3.74. The van der Waals surface area contributed by atoms with Crippen molar-refractivity contribution in [2.45, 2.75) is 45.7 Å². The summed E-state index contributed by atoms with van der Waals surface area (Å²) in [5.41, 5.74) is 0.405. The molecule has 0 aliphatic rings. The van der Waals surface area contributed by atoms with Crippen molar-refractivity contribution in [3.05, 3.63) is 35.4 Å². The van der Waals surface area contributed by atoms with E-state index in [1.165, 1.54) is 0 Å². The van der Waals surface area contributed by atoms with Crippen LogP contribution in [-0.4, -0.2) is 31.1 Å². The maximum Gasteiger partial charge on any atom is 0.163 e. The predicted octanol–water partition coefficient (Wildman–Crippen LogP) is 3.74. The topological polar surface area (TPSA) is 15.3 Å². The Morgan fingerprint density at radius 2 is 1.95 bits per heavy atom. The van der Waals surface area contributed by atoms with Gasteiger partial charge in [-0.25, -0.2) is 8.78 Å². The Balaban J connectivity index is 2.86. The van der Waals surface area contributed by atoms with Gasteiger partial charge < -0.3 is 10.2 Å². The van der Waals surface area contributed by atoms with Crippen LogP contribution in [0.2, 0.25) is 0 Å². The van der Waals surface area contributed by atoms with E-state index in [2.05, 4.69) is 24.1 Å². The molecule has 1 aromatic rings. The van der Waals surface area contributed by atoms with Gasteiger partial charge in [0.25, 0.3) is 0 Å². The second-order valence-electron chi connectivity index (χ2n) is 5.33. The van der Waals surface area contributed by atoms with E-state index in [1.807, 2.05) is 14.0 Å². The standard InChI is InChI=1S/C16H26F2N2/c1-5-8-12(3)20(4)11-15(19-6-2)13-9-7-10-14(17)16(13)18/h7,9-10,12,15,19H,5-6,8,11H2,1-4H3. The van der Waals surface area contributed by atoms with E-state index in [9.17, 15) is 8.78 Å². The lowest BCUT2D eigenvalue weighted by Gasteiger charge is -2.30. The van der Waals surface area contributed by atoms with Crippen molar-refractivity contribution in [1.82, 2.24) is 10.2 Å². The van der Waals surface area contributed by atoms with Crippen LogP contribution in [0.4, 0.5) is 8.78 Å². The molecule has 114 valence electrons. The van der Waals surface area contributed by atoms with E-state index in [-0.39, 0.29) is 6.04 Å². The van der Waals surface area contributed by atoms with Crippen molar-refractivity contribution < 1.29 is 8.78 Å². The highest BCUT2D eigenvalue weighted by atomic mass is 19.2. The lowest BCUT2D eigenvalue weighted by Crippen LogP contribution is -2.38. The zero-order valence-electron chi connectivity index (χ0n) is 12.9. The average molecular weight is 284 g/mol. The summed E-state index contributed by atoms with van der Waals surface area (Å²) in [6.07, 6.45) is 2.21. The predicted molar refractivity (Wildman–Crippen MR) is 79.8 cm³/mol. The van der Waals surface area contributed by atoms with Gasteiger partial charge in [0.05, 0.1) is 0 Å². The quantitative estimate of drug-likeness (QED) is 0.782. The number of halogens is 2. The maximum atomic E-state index is 13.9. The van der Waals surface area contributed by atoms with Crippen molar-refractivity contribution in [2.24, 2.45) is 0 Å². The summed E-state index contributed by atoms with van der Waals surface area (Å²) in [4.78, 5) is 2.20. The molecule has 1 rings (SSSR count).